The first-order chi connectivity index (χ1) is 12.3. The summed E-state index contributed by atoms with van der Waals surface area (Å²) in [5.74, 6) is 0. The number of hydrogen-bond donors (Lipinski definition) is 0. The Morgan fingerprint density at radius 1 is 0.731 bits per heavy atom. The van der Waals surface area contributed by atoms with E-state index in [1.165, 1.54) is 44.8 Å². The molecule has 0 unspecified atom stereocenters. The van der Waals surface area contributed by atoms with Crippen molar-refractivity contribution in [3.8, 4) is 0 Å². The van der Waals surface area contributed by atoms with Crippen LogP contribution in [0.3, 0.4) is 0 Å². The standard InChI is InChI=1S/C21H26N2.CO.Rh/c1-14-9-16(3)20(17(4)10-14)22-7-8-23(13-22)21-18(5)11-15(2)12-19(21)6;1-2;/h9-12H,7-8H2,1-6H3;;. The van der Waals surface area contributed by atoms with Crippen molar-refractivity contribution in [2.24, 2.45) is 0 Å². The number of aryl methyl sites for hydroxylation is 6. The molecule has 2 aromatic rings. The molecule has 0 saturated carbocycles. The first-order valence-corrected chi connectivity index (χ1v) is 10.5. The number of nitrogens with zero attached hydrogens (tertiary/aromatic N) is 2. The third-order valence-corrected chi connectivity index (χ3v) is 6.31. The van der Waals surface area contributed by atoms with Gasteiger partial charge in [0, 0.05) is 0 Å². The SMILES string of the molecule is Cc1cc(C)c(N2CCN(c3c(C)cc(C)cc3C)[C]2=[Rh]=[C]=O)c(C)c1. The molecule has 0 spiro atoms. The molecule has 0 aromatic heterocycles. The normalized spacial score (nSPS) is 14.2. The van der Waals surface area contributed by atoms with Crippen LogP contribution in [0.15, 0.2) is 24.3 Å². The van der Waals surface area contributed by atoms with Crippen molar-refractivity contribution in [2.75, 3.05) is 22.9 Å². The zero-order valence-electron chi connectivity index (χ0n) is 16.4. The molecule has 0 aliphatic carbocycles. The van der Waals surface area contributed by atoms with Crippen LogP contribution in [-0.2, 0) is 21.0 Å². The van der Waals surface area contributed by atoms with E-state index in [9.17, 15) is 4.79 Å². The maximum absolute atomic E-state index is 11.4. The summed E-state index contributed by atoms with van der Waals surface area (Å²) in [7, 11) is 0. The number of hydrogen-bond acceptors (Lipinski definition) is 3. The van der Waals surface area contributed by atoms with Gasteiger partial charge in [0.15, 0.2) is 0 Å². The molecule has 2 aromatic carbocycles. The second-order valence-corrected chi connectivity index (χ2v) is 8.68. The molecule has 4 heteroatoms. The molecule has 26 heavy (non-hydrogen) atoms. The van der Waals surface area contributed by atoms with Gasteiger partial charge in [0.1, 0.15) is 0 Å². The summed E-state index contributed by atoms with van der Waals surface area (Å²) in [6.07, 6.45) is 0. The predicted molar refractivity (Wildman–Crippen MR) is 107 cm³/mol. The van der Waals surface area contributed by atoms with Crippen LogP contribution < -0.4 is 9.80 Å². The Morgan fingerprint density at radius 2 is 1.08 bits per heavy atom. The van der Waals surface area contributed by atoms with Crippen molar-refractivity contribution in [3.05, 3.63) is 57.6 Å². The van der Waals surface area contributed by atoms with Gasteiger partial charge in [-0.05, 0) is 0 Å². The van der Waals surface area contributed by atoms with Crippen LogP contribution in [0.4, 0.5) is 11.4 Å². The molecule has 0 bridgehead atoms. The molecule has 1 aliphatic rings. The summed E-state index contributed by atoms with van der Waals surface area (Å²) in [5.41, 5.74) is 10.1. The number of benzene rings is 2. The van der Waals surface area contributed by atoms with E-state index in [0.29, 0.717) is 0 Å². The van der Waals surface area contributed by atoms with Gasteiger partial charge in [-0.3, -0.25) is 0 Å². The molecular weight excluding hydrogens is 411 g/mol. The molecule has 139 valence electrons. The van der Waals surface area contributed by atoms with Gasteiger partial charge >= 0.3 is 163 Å². The Hall–Kier alpha value is -1.89. The Morgan fingerprint density at radius 3 is 1.38 bits per heavy atom. The molecular formula is C22H26N2ORh. The average molecular weight is 437 g/mol. The first-order valence-electron chi connectivity index (χ1n) is 8.87. The summed E-state index contributed by atoms with van der Waals surface area (Å²) in [5, 5.41) is 0. The topological polar surface area (TPSA) is 23.6 Å². The van der Waals surface area contributed by atoms with Gasteiger partial charge in [0.2, 0.25) is 0 Å². The fourth-order valence-corrected chi connectivity index (χ4v) is 5.56. The van der Waals surface area contributed by atoms with E-state index in [0.717, 1.165) is 17.4 Å². The summed E-state index contributed by atoms with van der Waals surface area (Å²) >= 11 is -0.405. The summed E-state index contributed by atoms with van der Waals surface area (Å²) in [4.78, 5) is 16.1. The Labute approximate surface area is 163 Å². The quantitative estimate of drug-likeness (QED) is 0.661. The fraction of sp³-hybridized carbons (Fsp3) is 0.364. The van der Waals surface area contributed by atoms with Gasteiger partial charge in [-0.25, -0.2) is 0 Å². The summed E-state index contributed by atoms with van der Waals surface area (Å²) in [6.45, 7) is 14.7. The molecule has 3 nitrogen and oxygen atoms in total. The van der Waals surface area contributed by atoms with Crippen molar-refractivity contribution >= 4 is 20.2 Å². The van der Waals surface area contributed by atoms with Gasteiger partial charge in [-0.15, -0.1) is 0 Å². The fourth-order valence-electron chi connectivity index (χ4n) is 4.24. The molecule has 1 aliphatic heterocycles. The van der Waals surface area contributed by atoms with E-state index < -0.39 is 16.2 Å². The number of carbonyl (C=O) groups excluding carboxylic acids is 1. The third-order valence-electron chi connectivity index (χ3n) is 4.89. The molecule has 0 amide bonds. The predicted octanol–water partition coefficient (Wildman–Crippen LogP) is 4.10. The van der Waals surface area contributed by atoms with Gasteiger partial charge in [-0.1, -0.05) is 0 Å². The minimum absolute atomic E-state index is 0.405. The molecule has 3 rings (SSSR count). The minimum atomic E-state index is -0.405. The van der Waals surface area contributed by atoms with Gasteiger partial charge in [0.25, 0.3) is 0 Å². The Balaban J connectivity index is 2.15. The molecule has 0 radical (unpaired) electrons. The molecule has 0 atom stereocenters. The second-order valence-electron chi connectivity index (χ2n) is 7.20. The van der Waals surface area contributed by atoms with Crippen molar-refractivity contribution < 1.29 is 21.0 Å². The maximum atomic E-state index is 11.4. The molecule has 0 N–H and O–H groups in total. The van der Waals surface area contributed by atoms with Gasteiger partial charge < -0.3 is 0 Å². The second kappa shape index (κ2) is 7.39. The van der Waals surface area contributed by atoms with Crippen molar-refractivity contribution in [2.45, 2.75) is 41.5 Å². The van der Waals surface area contributed by atoms with Crippen LogP contribution in [0.25, 0.3) is 0 Å². The monoisotopic (exact) mass is 437 g/mol. The molecule has 1 fully saturated rings. The van der Waals surface area contributed by atoms with Crippen molar-refractivity contribution in [1.29, 1.82) is 0 Å². The zero-order valence-corrected chi connectivity index (χ0v) is 18.0. The first kappa shape index (κ1) is 18.9. The van der Waals surface area contributed by atoms with Crippen LogP contribution in [-0.4, -0.2) is 21.9 Å². The summed E-state index contributed by atoms with van der Waals surface area (Å²) in [6, 6.07) is 8.90. The van der Waals surface area contributed by atoms with Crippen LogP contribution in [0.5, 0.6) is 0 Å². The van der Waals surface area contributed by atoms with E-state index in [1.807, 2.05) is 0 Å². The van der Waals surface area contributed by atoms with Crippen LogP contribution in [0.1, 0.15) is 33.4 Å². The van der Waals surface area contributed by atoms with E-state index in [4.69, 9.17) is 0 Å². The molecule has 1 saturated heterocycles. The average Bonchev–Trinajstić information content (AvgIpc) is 2.89. The van der Waals surface area contributed by atoms with E-state index in [2.05, 4.69) is 80.1 Å². The van der Waals surface area contributed by atoms with Crippen LogP contribution in [0, 0.1) is 41.5 Å². The van der Waals surface area contributed by atoms with Crippen molar-refractivity contribution in [3.63, 3.8) is 0 Å². The molecule has 1 heterocycles. The van der Waals surface area contributed by atoms with Crippen molar-refractivity contribution in [1.82, 2.24) is 0 Å². The van der Waals surface area contributed by atoms with Crippen LogP contribution in [0.2, 0.25) is 0 Å². The van der Waals surface area contributed by atoms with Crippen LogP contribution >= 0.6 is 0 Å². The Kier molecular flexibility index (Phi) is 5.37. The van der Waals surface area contributed by atoms with E-state index in [-0.39, 0.29) is 0 Å². The Bertz CT molecular complexity index is 853. The third kappa shape index (κ3) is 3.37. The summed E-state index contributed by atoms with van der Waals surface area (Å²) < 4.78 is 3.31. The number of rotatable bonds is 2. The van der Waals surface area contributed by atoms with Gasteiger partial charge in [-0.2, -0.15) is 0 Å². The van der Waals surface area contributed by atoms with E-state index in [1.54, 1.807) is 0 Å². The number of anilines is 2. The van der Waals surface area contributed by atoms with E-state index >= 15 is 0 Å². The zero-order chi connectivity index (χ0) is 19.0. The van der Waals surface area contributed by atoms with Gasteiger partial charge in [0.05, 0.1) is 0 Å².